The number of carbonyl (C=O) groups excluding carboxylic acids is 1. The van der Waals surface area contributed by atoms with E-state index in [9.17, 15) is 4.79 Å². The Morgan fingerprint density at radius 2 is 2.07 bits per heavy atom. The molecule has 0 fully saturated rings. The number of nitrogen functional groups attached to an aromatic ring is 1. The molecule has 0 radical (unpaired) electrons. The minimum atomic E-state index is -0.535. The maximum atomic E-state index is 11.0. The largest absolute Gasteiger partial charge is 0.395 e. The van der Waals surface area contributed by atoms with Gasteiger partial charge in [-0.3, -0.25) is 9.48 Å². The number of aromatic nitrogens is 2. The van der Waals surface area contributed by atoms with Crippen LogP contribution in [0.1, 0.15) is 30.0 Å². The van der Waals surface area contributed by atoms with Gasteiger partial charge in [0.05, 0.1) is 11.4 Å². The molecule has 0 saturated heterocycles. The summed E-state index contributed by atoms with van der Waals surface area (Å²) in [5, 5.41) is 4.16. The van der Waals surface area contributed by atoms with Crippen LogP contribution < -0.4 is 11.5 Å². The van der Waals surface area contributed by atoms with Crippen molar-refractivity contribution in [2.45, 2.75) is 20.3 Å². The summed E-state index contributed by atoms with van der Waals surface area (Å²) in [5.41, 5.74) is 12.4. The molecule has 6 heteroatoms. The molecule has 0 atom stereocenters. The summed E-state index contributed by atoms with van der Waals surface area (Å²) in [6, 6.07) is 0. The van der Waals surface area contributed by atoms with Crippen LogP contribution in [0.5, 0.6) is 0 Å². The lowest BCUT2D eigenvalue weighted by molar-refractivity contribution is 0.0992. The van der Waals surface area contributed by atoms with Crippen molar-refractivity contribution in [2.75, 3.05) is 5.73 Å². The maximum absolute atomic E-state index is 11.0. The number of aryl methyl sites for hydroxylation is 1. The molecule has 1 rings (SSSR count). The molecule has 0 aromatic carbocycles. The summed E-state index contributed by atoms with van der Waals surface area (Å²) >= 11 is 0. The molecule has 1 aromatic heterocycles. The van der Waals surface area contributed by atoms with E-state index in [0.29, 0.717) is 17.3 Å². The standard InChI is InChI=1S/C9H16N4O.ClH/c1-5(2)4-6-7(10)8(9(11)14)13(3)12-6;/h5H,4,10H2,1-3H3,(H2,11,14);1H. The van der Waals surface area contributed by atoms with Gasteiger partial charge in [0.25, 0.3) is 5.91 Å². The predicted octanol–water partition coefficient (Wildman–Crippen LogP) is 0.722. The van der Waals surface area contributed by atoms with Gasteiger partial charge in [0.15, 0.2) is 0 Å². The third-order valence-electron chi connectivity index (χ3n) is 2.00. The van der Waals surface area contributed by atoms with Crippen LogP contribution in [0.2, 0.25) is 0 Å². The molecular weight excluding hydrogens is 216 g/mol. The molecule has 86 valence electrons. The van der Waals surface area contributed by atoms with E-state index in [0.717, 1.165) is 12.1 Å². The van der Waals surface area contributed by atoms with Gasteiger partial charge in [0.1, 0.15) is 5.69 Å². The fraction of sp³-hybridized carbons (Fsp3) is 0.556. The van der Waals surface area contributed by atoms with E-state index >= 15 is 0 Å². The highest BCUT2D eigenvalue weighted by atomic mass is 35.5. The zero-order valence-electron chi connectivity index (χ0n) is 9.15. The van der Waals surface area contributed by atoms with Crippen molar-refractivity contribution in [3.05, 3.63) is 11.4 Å². The molecule has 0 aliphatic carbocycles. The van der Waals surface area contributed by atoms with Crippen LogP contribution in [0.4, 0.5) is 5.69 Å². The molecule has 4 N–H and O–H groups in total. The number of carbonyl (C=O) groups is 1. The summed E-state index contributed by atoms with van der Waals surface area (Å²) < 4.78 is 1.44. The average molecular weight is 233 g/mol. The van der Waals surface area contributed by atoms with Crippen LogP contribution in [0.3, 0.4) is 0 Å². The molecule has 0 unspecified atom stereocenters. The quantitative estimate of drug-likeness (QED) is 0.805. The highest BCUT2D eigenvalue weighted by molar-refractivity contribution is 5.96. The Morgan fingerprint density at radius 1 is 1.53 bits per heavy atom. The van der Waals surface area contributed by atoms with Crippen molar-refractivity contribution in [1.29, 1.82) is 0 Å². The lowest BCUT2D eigenvalue weighted by atomic mass is 10.1. The number of hydrogen-bond donors (Lipinski definition) is 2. The number of amides is 1. The SMILES string of the molecule is CC(C)Cc1nn(C)c(C(N)=O)c1N.Cl. The number of halogens is 1. The minimum Gasteiger partial charge on any atom is -0.395 e. The van der Waals surface area contributed by atoms with E-state index in [-0.39, 0.29) is 12.4 Å². The van der Waals surface area contributed by atoms with Gasteiger partial charge < -0.3 is 11.5 Å². The number of primary amides is 1. The smallest absolute Gasteiger partial charge is 0.269 e. The van der Waals surface area contributed by atoms with Gasteiger partial charge >= 0.3 is 0 Å². The van der Waals surface area contributed by atoms with Gasteiger partial charge in [-0.1, -0.05) is 13.8 Å². The van der Waals surface area contributed by atoms with Crippen LogP contribution >= 0.6 is 12.4 Å². The first-order valence-electron chi connectivity index (χ1n) is 4.54. The van der Waals surface area contributed by atoms with Gasteiger partial charge in [-0.25, -0.2) is 0 Å². The van der Waals surface area contributed by atoms with Crippen molar-refractivity contribution in [3.8, 4) is 0 Å². The molecule has 0 bridgehead atoms. The van der Waals surface area contributed by atoms with Gasteiger partial charge in [-0.05, 0) is 12.3 Å². The van der Waals surface area contributed by atoms with E-state index in [4.69, 9.17) is 11.5 Å². The Hall–Kier alpha value is -1.23. The van der Waals surface area contributed by atoms with Crippen molar-refractivity contribution >= 4 is 24.0 Å². The van der Waals surface area contributed by atoms with E-state index < -0.39 is 5.91 Å². The summed E-state index contributed by atoms with van der Waals surface area (Å²) in [4.78, 5) is 11.0. The topological polar surface area (TPSA) is 86.9 Å². The second-order valence-electron chi connectivity index (χ2n) is 3.79. The summed E-state index contributed by atoms with van der Waals surface area (Å²) in [6.45, 7) is 4.14. The van der Waals surface area contributed by atoms with Crippen molar-refractivity contribution < 1.29 is 4.79 Å². The Bertz CT molecular complexity index is 359. The highest BCUT2D eigenvalue weighted by Gasteiger charge is 2.17. The zero-order chi connectivity index (χ0) is 10.9. The molecule has 5 nitrogen and oxygen atoms in total. The minimum absolute atomic E-state index is 0. The molecule has 15 heavy (non-hydrogen) atoms. The van der Waals surface area contributed by atoms with E-state index in [2.05, 4.69) is 18.9 Å². The molecule has 0 saturated carbocycles. The van der Waals surface area contributed by atoms with Gasteiger partial charge in [-0.15, -0.1) is 12.4 Å². The third kappa shape index (κ3) is 2.86. The van der Waals surface area contributed by atoms with Crippen LogP contribution in [0.15, 0.2) is 0 Å². The second kappa shape index (κ2) is 5.02. The number of rotatable bonds is 3. The summed E-state index contributed by atoms with van der Waals surface area (Å²) in [5.74, 6) is -0.0829. The summed E-state index contributed by atoms with van der Waals surface area (Å²) in [7, 11) is 1.67. The normalized spacial score (nSPS) is 10.1. The lowest BCUT2D eigenvalue weighted by Gasteiger charge is -2.01. The van der Waals surface area contributed by atoms with Crippen LogP contribution in [-0.4, -0.2) is 15.7 Å². The van der Waals surface area contributed by atoms with Crippen molar-refractivity contribution in [3.63, 3.8) is 0 Å². The Kier molecular flexibility index (Phi) is 4.61. The number of anilines is 1. The molecule has 1 amide bonds. The Morgan fingerprint density at radius 3 is 2.40 bits per heavy atom. The van der Waals surface area contributed by atoms with E-state index in [1.165, 1.54) is 4.68 Å². The third-order valence-corrected chi connectivity index (χ3v) is 2.00. The monoisotopic (exact) mass is 232 g/mol. The number of nitrogens with zero attached hydrogens (tertiary/aromatic N) is 2. The van der Waals surface area contributed by atoms with Crippen molar-refractivity contribution in [2.24, 2.45) is 18.7 Å². The predicted molar refractivity (Wildman–Crippen MR) is 61.9 cm³/mol. The maximum Gasteiger partial charge on any atom is 0.269 e. The first-order valence-corrected chi connectivity index (χ1v) is 4.54. The van der Waals surface area contributed by atoms with E-state index in [1.54, 1.807) is 7.05 Å². The Balaban J connectivity index is 0.00000196. The zero-order valence-corrected chi connectivity index (χ0v) is 9.97. The molecule has 1 heterocycles. The van der Waals surface area contributed by atoms with Crippen molar-refractivity contribution in [1.82, 2.24) is 9.78 Å². The highest BCUT2D eigenvalue weighted by Crippen LogP contribution is 2.18. The molecule has 0 aliphatic heterocycles. The van der Waals surface area contributed by atoms with Gasteiger partial charge in [-0.2, -0.15) is 5.10 Å². The lowest BCUT2D eigenvalue weighted by Crippen LogP contribution is -2.17. The summed E-state index contributed by atoms with van der Waals surface area (Å²) in [6.07, 6.45) is 0.757. The molecular formula is C9H17ClN4O. The van der Waals surface area contributed by atoms with E-state index in [1.807, 2.05) is 0 Å². The molecule has 0 spiro atoms. The van der Waals surface area contributed by atoms with Crippen LogP contribution in [0.25, 0.3) is 0 Å². The van der Waals surface area contributed by atoms with Gasteiger partial charge in [0, 0.05) is 7.05 Å². The van der Waals surface area contributed by atoms with Gasteiger partial charge in [0.2, 0.25) is 0 Å². The molecule has 0 aliphatic rings. The van der Waals surface area contributed by atoms with Crippen LogP contribution in [0, 0.1) is 5.92 Å². The Labute approximate surface area is 95.2 Å². The first kappa shape index (κ1) is 13.8. The number of hydrogen-bond acceptors (Lipinski definition) is 3. The fourth-order valence-corrected chi connectivity index (χ4v) is 1.43. The number of nitrogens with two attached hydrogens (primary N) is 2. The molecule has 1 aromatic rings. The fourth-order valence-electron chi connectivity index (χ4n) is 1.43. The average Bonchev–Trinajstić information content (AvgIpc) is 2.25. The first-order chi connectivity index (χ1) is 6.43. The second-order valence-corrected chi connectivity index (χ2v) is 3.79. The van der Waals surface area contributed by atoms with Crippen LogP contribution in [-0.2, 0) is 13.5 Å².